The Morgan fingerprint density at radius 1 is 1.38 bits per heavy atom. The van der Waals surface area contributed by atoms with Gasteiger partial charge in [-0.1, -0.05) is 6.07 Å². The highest BCUT2D eigenvalue weighted by atomic mass is 16.6. The van der Waals surface area contributed by atoms with E-state index in [0.717, 1.165) is 0 Å². The molecule has 0 spiro atoms. The predicted octanol–water partition coefficient (Wildman–Crippen LogP) is 2.66. The van der Waals surface area contributed by atoms with E-state index < -0.39 is 10.9 Å². The van der Waals surface area contributed by atoms with Gasteiger partial charge in [-0.3, -0.25) is 14.9 Å². The van der Waals surface area contributed by atoms with Crippen LogP contribution in [-0.4, -0.2) is 29.2 Å². The average Bonchev–Trinajstić information content (AvgIpc) is 2.47. The maximum Gasteiger partial charge on any atom is 0.333 e. The molecule has 1 fully saturated rings. The number of anilines is 1. The molecule has 0 amide bonds. The second kappa shape index (κ2) is 6.43. The van der Waals surface area contributed by atoms with Crippen molar-refractivity contribution in [1.29, 1.82) is 0 Å². The Morgan fingerprint density at radius 2 is 2.05 bits per heavy atom. The number of carboxylic acid groups (broad SMARTS) is 1. The van der Waals surface area contributed by atoms with Crippen LogP contribution in [0.5, 0.6) is 5.75 Å². The maximum absolute atomic E-state index is 11.2. The molecule has 1 saturated carbocycles. The summed E-state index contributed by atoms with van der Waals surface area (Å²) < 4.78 is 5.03. The number of methoxy groups -OCH3 is 1. The topological polar surface area (TPSA) is 102 Å². The quantitative estimate of drug-likeness (QED) is 0.639. The van der Waals surface area contributed by atoms with E-state index in [2.05, 4.69) is 5.32 Å². The molecule has 7 heteroatoms. The maximum atomic E-state index is 11.2. The first-order valence-electron chi connectivity index (χ1n) is 6.83. The first kappa shape index (κ1) is 15.1. The number of nitrogens with one attached hydrogen (secondary N) is 1. The number of nitro benzene ring substituents is 1. The van der Waals surface area contributed by atoms with E-state index >= 15 is 0 Å². The van der Waals surface area contributed by atoms with Gasteiger partial charge < -0.3 is 15.2 Å². The minimum atomic E-state index is -0.763. The van der Waals surface area contributed by atoms with Crippen molar-refractivity contribution in [3.05, 3.63) is 28.3 Å². The molecule has 2 rings (SSSR count). The van der Waals surface area contributed by atoms with Gasteiger partial charge in [-0.2, -0.15) is 0 Å². The van der Waals surface area contributed by atoms with E-state index in [1.807, 2.05) is 0 Å². The van der Waals surface area contributed by atoms with Gasteiger partial charge in [0.2, 0.25) is 0 Å². The number of carboxylic acids is 1. The summed E-state index contributed by atoms with van der Waals surface area (Å²) in [7, 11) is 1.39. The van der Waals surface area contributed by atoms with Crippen molar-refractivity contribution in [2.45, 2.75) is 31.7 Å². The number of para-hydroxylation sites is 1. The van der Waals surface area contributed by atoms with Crippen LogP contribution >= 0.6 is 0 Å². The van der Waals surface area contributed by atoms with Crippen molar-refractivity contribution in [3.8, 4) is 5.75 Å². The summed E-state index contributed by atoms with van der Waals surface area (Å²) in [6.07, 6.45) is 2.55. The van der Waals surface area contributed by atoms with Gasteiger partial charge in [-0.25, -0.2) is 0 Å². The smallest absolute Gasteiger partial charge is 0.333 e. The second-order valence-electron chi connectivity index (χ2n) is 5.14. The Kier molecular flexibility index (Phi) is 4.62. The van der Waals surface area contributed by atoms with Crippen LogP contribution in [0, 0.1) is 16.0 Å². The second-order valence-corrected chi connectivity index (χ2v) is 5.14. The summed E-state index contributed by atoms with van der Waals surface area (Å²) >= 11 is 0. The zero-order valence-electron chi connectivity index (χ0n) is 11.7. The zero-order valence-corrected chi connectivity index (χ0v) is 11.7. The van der Waals surface area contributed by atoms with Gasteiger partial charge in [0, 0.05) is 6.04 Å². The lowest BCUT2D eigenvalue weighted by molar-refractivity contribution is -0.384. The fraction of sp³-hybridized carbons (Fsp3) is 0.500. The number of rotatable bonds is 5. The molecule has 0 aliphatic heterocycles. The molecule has 114 valence electrons. The third kappa shape index (κ3) is 3.42. The molecule has 2 N–H and O–H groups in total. The van der Waals surface area contributed by atoms with E-state index in [9.17, 15) is 14.9 Å². The normalized spacial score (nSPS) is 21.6. The molecule has 0 aromatic heterocycles. The Morgan fingerprint density at radius 3 is 2.57 bits per heavy atom. The lowest BCUT2D eigenvalue weighted by Gasteiger charge is -2.27. The molecule has 1 aromatic rings. The van der Waals surface area contributed by atoms with Crippen LogP contribution in [0.4, 0.5) is 11.4 Å². The molecule has 0 bridgehead atoms. The molecular weight excluding hydrogens is 276 g/mol. The van der Waals surface area contributed by atoms with Gasteiger partial charge in [-0.05, 0) is 37.8 Å². The summed E-state index contributed by atoms with van der Waals surface area (Å²) in [6.45, 7) is 0. The van der Waals surface area contributed by atoms with E-state index in [-0.39, 0.29) is 23.4 Å². The molecule has 1 aliphatic carbocycles. The zero-order chi connectivity index (χ0) is 15.4. The number of hydrogen-bond acceptors (Lipinski definition) is 5. The SMILES string of the molecule is COc1cccc(NC2CCC(C(=O)O)CC2)c1[N+](=O)[O-]. The molecule has 0 saturated heterocycles. The summed E-state index contributed by atoms with van der Waals surface area (Å²) in [6, 6.07) is 4.93. The first-order chi connectivity index (χ1) is 10.0. The Bertz CT molecular complexity index is 538. The Labute approximate surface area is 122 Å². The molecule has 0 radical (unpaired) electrons. The van der Waals surface area contributed by atoms with Crippen molar-refractivity contribution >= 4 is 17.3 Å². The van der Waals surface area contributed by atoms with E-state index in [4.69, 9.17) is 9.84 Å². The summed E-state index contributed by atoms with van der Waals surface area (Å²) in [5, 5.41) is 23.3. The van der Waals surface area contributed by atoms with Crippen molar-refractivity contribution < 1.29 is 19.6 Å². The van der Waals surface area contributed by atoms with Crippen LogP contribution in [0.1, 0.15) is 25.7 Å². The molecule has 21 heavy (non-hydrogen) atoms. The summed E-state index contributed by atoms with van der Waals surface area (Å²) in [5.74, 6) is -0.853. The van der Waals surface area contributed by atoms with Crippen LogP contribution in [0.25, 0.3) is 0 Å². The van der Waals surface area contributed by atoms with Gasteiger partial charge in [0.15, 0.2) is 5.75 Å². The van der Waals surface area contributed by atoms with Gasteiger partial charge in [0.25, 0.3) is 0 Å². The number of nitro groups is 1. The van der Waals surface area contributed by atoms with Crippen LogP contribution in [0.15, 0.2) is 18.2 Å². The van der Waals surface area contributed by atoms with E-state index in [1.165, 1.54) is 7.11 Å². The van der Waals surface area contributed by atoms with Crippen molar-refractivity contribution in [1.82, 2.24) is 0 Å². The minimum Gasteiger partial charge on any atom is -0.490 e. The van der Waals surface area contributed by atoms with E-state index in [1.54, 1.807) is 18.2 Å². The third-order valence-corrected chi connectivity index (χ3v) is 3.84. The minimum absolute atomic E-state index is 0.0476. The van der Waals surface area contributed by atoms with Gasteiger partial charge in [0.1, 0.15) is 5.69 Å². The van der Waals surface area contributed by atoms with Crippen molar-refractivity contribution in [2.75, 3.05) is 12.4 Å². The highest BCUT2D eigenvalue weighted by Gasteiger charge is 2.28. The standard InChI is InChI=1S/C14H18N2O5/c1-21-12-4-2-3-11(13(12)16(19)20)15-10-7-5-9(6-8-10)14(17)18/h2-4,9-10,15H,5-8H2,1H3,(H,17,18). The molecule has 0 atom stereocenters. The average molecular weight is 294 g/mol. The number of nitrogens with zero attached hydrogens (tertiary/aromatic N) is 1. The lowest BCUT2D eigenvalue weighted by atomic mass is 9.86. The van der Waals surface area contributed by atoms with Gasteiger partial charge >= 0.3 is 11.7 Å². The molecule has 0 unspecified atom stereocenters. The number of benzene rings is 1. The van der Waals surface area contributed by atoms with Gasteiger partial charge in [0.05, 0.1) is 18.0 Å². The number of carbonyl (C=O) groups is 1. The third-order valence-electron chi connectivity index (χ3n) is 3.84. The molecular formula is C14H18N2O5. The number of hydrogen-bond donors (Lipinski definition) is 2. The lowest BCUT2D eigenvalue weighted by Crippen LogP contribution is -2.29. The summed E-state index contributed by atoms with van der Waals surface area (Å²) in [5.41, 5.74) is 0.332. The highest BCUT2D eigenvalue weighted by Crippen LogP contribution is 2.36. The predicted molar refractivity (Wildman–Crippen MR) is 76.7 cm³/mol. The largest absolute Gasteiger partial charge is 0.490 e. The van der Waals surface area contributed by atoms with Gasteiger partial charge in [-0.15, -0.1) is 0 Å². The number of ether oxygens (including phenoxy) is 1. The molecule has 1 aliphatic rings. The Balaban J connectivity index is 2.10. The fourth-order valence-corrected chi connectivity index (χ4v) is 2.70. The summed E-state index contributed by atoms with van der Waals surface area (Å²) in [4.78, 5) is 21.6. The van der Waals surface area contributed by atoms with Crippen LogP contribution in [0.3, 0.4) is 0 Å². The first-order valence-corrected chi connectivity index (χ1v) is 6.83. The van der Waals surface area contributed by atoms with Crippen molar-refractivity contribution in [2.24, 2.45) is 5.92 Å². The highest BCUT2D eigenvalue weighted by molar-refractivity contribution is 5.70. The van der Waals surface area contributed by atoms with Crippen molar-refractivity contribution in [3.63, 3.8) is 0 Å². The van der Waals surface area contributed by atoms with Crippen LogP contribution in [0.2, 0.25) is 0 Å². The monoisotopic (exact) mass is 294 g/mol. The van der Waals surface area contributed by atoms with Crippen LogP contribution in [-0.2, 0) is 4.79 Å². The van der Waals surface area contributed by atoms with E-state index in [0.29, 0.717) is 31.4 Å². The molecule has 7 nitrogen and oxygen atoms in total. The molecule has 0 heterocycles. The number of aliphatic carboxylic acids is 1. The molecule has 1 aromatic carbocycles. The fourth-order valence-electron chi connectivity index (χ4n) is 2.70. The van der Waals surface area contributed by atoms with Crippen LogP contribution < -0.4 is 10.1 Å². The Hall–Kier alpha value is -2.31.